The van der Waals surface area contributed by atoms with Crippen molar-refractivity contribution in [2.45, 2.75) is 0 Å². The molecule has 0 radical (unpaired) electrons. The first kappa shape index (κ1) is 12.3. The summed E-state index contributed by atoms with van der Waals surface area (Å²) in [5, 5.41) is 9.52. The third-order valence-corrected chi connectivity index (χ3v) is 3.10. The van der Waals surface area contributed by atoms with Crippen molar-refractivity contribution < 1.29 is 19.4 Å². The number of hydrogen-bond acceptors (Lipinski definition) is 4. The van der Waals surface area contributed by atoms with Crippen molar-refractivity contribution in [3.8, 4) is 17.2 Å². The summed E-state index contributed by atoms with van der Waals surface area (Å²) in [5.74, 6) is 0.899. The van der Waals surface area contributed by atoms with E-state index in [0.29, 0.717) is 16.9 Å². The number of carbonyl (C=O) groups is 1. The summed E-state index contributed by atoms with van der Waals surface area (Å²) >= 11 is 0. The maximum Gasteiger partial charge on any atom is 0.344 e. The lowest BCUT2D eigenvalue weighted by molar-refractivity contribution is -0.126. The first-order valence-electron chi connectivity index (χ1n) is 6.09. The zero-order valence-corrected chi connectivity index (χ0v) is 10.8. The van der Waals surface area contributed by atoms with Crippen LogP contribution in [-0.4, -0.2) is 18.2 Å². The molecule has 0 fully saturated rings. The lowest BCUT2D eigenvalue weighted by Gasteiger charge is -2.00. The van der Waals surface area contributed by atoms with Crippen LogP contribution in [0.15, 0.2) is 42.5 Å². The number of benzene rings is 2. The number of ether oxygens (including phenoxy) is 2. The van der Waals surface area contributed by atoms with Crippen LogP contribution in [0, 0.1) is 0 Å². The van der Waals surface area contributed by atoms with Gasteiger partial charge in [-0.25, -0.2) is 4.79 Å². The van der Waals surface area contributed by atoms with Crippen LogP contribution in [0.1, 0.15) is 11.1 Å². The smallest absolute Gasteiger partial charge is 0.344 e. The SMILES string of the molecule is COc1ccc(/C=C2/C(=O)Oc3ccc(O)cc32)cc1. The van der Waals surface area contributed by atoms with Crippen LogP contribution in [0.3, 0.4) is 0 Å². The van der Waals surface area contributed by atoms with Crippen LogP contribution in [-0.2, 0) is 4.79 Å². The van der Waals surface area contributed by atoms with Crippen LogP contribution in [0.2, 0.25) is 0 Å². The summed E-state index contributed by atoms with van der Waals surface area (Å²) < 4.78 is 10.2. The van der Waals surface area contributed by atoms with Crippen molar-refractivity contribution in [3.05, 3.63) is 53.6 Å². The Morgan fingerprint density at radius 1 is 1.15 bits per heavy atom. The van der Waals surface area contributed by atoms with Gasteiger partial charge in [0.15, 0.2) is 0 Å². The van der Waals surface area contributed by atoms with E-state index in [0.717, 1.165) is 11.3 Å². The summed E-state index contributed by atoms with van der Waals surface area (Å²) in [6, 6.07) is 11.9. The second-order valence-electron chi connectivity index (χ2n) is 4.40. The van der Waals surface area contributed by atoms with E-state index >= 15 is 0 Å². The average Bonchev–Trinajstić information content (AvgIpc) is 2.76. The Hall–Kier alpha value is -2.75. The van der Waals surface area contributed by atoms with Gasteiger partial charge < -0.3 is 14.6 Å². The summed E-state index contributed by atoms with van der Waals surface area (Å²) in [4.78, 5) is 11.9. The molecule has 0 amide bonds. The van der Waals surface area contributed by atoms with Gasteiger partial charge in [-0.1, -0.05) is 12.1 Å². The quantitative estimate of drug-likeness (QED) is 0.517. The van der Waals surface area contributed by atoms with Gasteiger partial charge in [-0.15, -0.1) is 0 Å². The van der Waals surface area contributed by atoms with Gasteiger partial charge in [-0.2, -0.15) is 0 Å². The second kappa shape index (κ2) is 4.74. The summed E-state index contributed by atoms with van der Waals surface area (Å²) in [6.07, 6.45) is 1.73. The highest BCUT2D eigenvalue weighted by molar-refractivity contribution is 6.26. The molecule has 0 aliphatic carbocycles. The van der Waals surface area contributed by atoms with Crippen molar-refractivity contribution in [1.82, 2.24) is 0 Å². The molecular weight excluding hydrogens is 256 g/mol. The molecule has 20 heavy (non-hydrogen) atoms. The van der Waals surface area contributed by atoms with Gasteiger partial charge in [0, 0.05) is 5.56 Å². The van der Waals surface area contributed by atoms with Crippen LogP contribution in [0.4, 0.5) is 0 Å². The molecule has 0 atom stereocenters. The van der Waals surface area contributed by atoms with E-state index in [4.69, 9.17) is 9.47 Å². The highest BCUT2D eigenvalue weighted by atomic mass is 16.5. The molecule has 0 saturated heterocycles. The number of fused-ring (bicyclic) bond motifs is 1. The number of methoxy groups -OCH3 is 1. The van der Waals surface area contributed by atoms with E-state index in [-0.39, 0.29) is 5.75 Å². The zero-order chi connectivity index (χ0) is 14.1. The maximum absolute atomic E-state index is 11.9. The van der Waals surface area contributed by atoms with Gasteiger partial charge in [0.1, 0.15) is 17.2 Å². The van der Waals surface area contributed by atoms with E-state index in [1.54, 1.807) is 19.3 Å². The highest BCUT2D eigenvalue weighted by Gasteiger charge is 2.27. The highest BCUT2D eigenvalue weighted by Crippen LogP contribution is 2.37. The minimum Gasteiger partial charge on any atom is -0.508 e. The van der Waals surface area contributed by atoms with Gasteiger partial charge in [-0.3, -0.25) is 0 Å². The molecule has 4 nitrogen and oxygen atoms in total. The molecule has 1 heterocycles. The lowest BCUT2D eigenvalue weighted by atomic mass is 10.0. The zero-order valence-electron chi connectivity index (χ0n) is 10.8. The molecule has 100 valence electrons. The number of rotatable bonds is 2. The Bertz CT molecular complexity index is 699. The van der Waals surface area contributed by atoms with Crippen LogP contribution >= 0.6 is 0 Å². The molecule has 0 aromatic heterocycles. The molecule has 1 N–H and O–H groups in total. The molecule has 3 rings (SSSR count). The molecular formula is C16H12O4. The fourth-order valence-electron chi connectivity index (χ4n) is 2.09. The number of aromatic hydroxyl groups is 1. The molecule has 0 spiro atoms. The minimum atomic E-state index is -0.415. The van der Waals surface area contributed by atoms with Crippen molar-refractivity contribution in [3.63, 3.8) is 0 Å². The number of hydrogen-bond donors (Lipinski definition) is 1. The van der Waals surface area contributed by atoms with Crippen LogP contribution in [0.5, 0.6) is 17.2 Å². The third-order valence-electron chi connectivity index (χ3n) is 3.10. The van der Waals surface area contributed by atoms with Gasteiger partial charge in [-0.05, 0) is 42.0 Å². The molecule has 1 aliphatic heterocycles. The monoisotopic (exact) mass is 268 g/mol. The summed E-state index contributed by atoms with van der Waals surface area (Å²) in [5.41, 5.74) is 1.89. The predicted octanol–water partition coefficient (Wildman–Crippen LogP) is 2.86. The minimum absolute atomic E-state index is 0.0997. The van der Waals surface area contributed by atoms with E-state index < -0.39 is 5.97 Å². The van der Waals surface area contributed by atoms with Crippen molar-refractivity contribution in [1.29, 1.82) is 0 Å². The first-order chi connectivity index (χ1) is 9.67. The van der Waals surface area contributed by atoms with Crippen molar-refractivity contribution in [2.24, 2.45) is 0 Å². The topological polar surface area (TPSA) is 55.8 Å². The van der Waals surface area contributed by atoms with Crippen LogP contribution in [0.25, 0.3) is 11.6 Å². The van der Waals surface area contributed by atoms with E-state index in [1.807, 2.05) is 24.3 Å². The van der Waals surface area contributed by atoms with Gasteiger partial charge in [0.25, 0.3) is 0 Å². The van der Waals surface area contributed by atoms with E-state index in [9.17, 15) is 9.90 Å². The third kappa shape index (κ3) is 2.12. The summed E-state index contributed by atoms with van der Waals surface area (Å²) in [6.45, 7) is 0. The van der Waals surface area contributed by atoms with Gasteiger partial charge in [0.05, 0.1) is 12.7 Å². The van der Waals surface area contributed by atoms with E-state index in [1.165, 1.54) is 12.1 Å². The predicted molar refractivity (Wildman–Crippen MR) is 74.6 cm³/mol. The van der Waals surface area contributed by atoms with Crippen molar-refractivity contribution in [2.75, 3.05) is 7.11 Å². The Morgan fingerprint density at radius 3 is 2.60 bits per heavy atom. The lowest BCUT2D eigenvalue weighted by Crippen LogP contribution is -2.00. The Balaban J connectivity index is 2.03. The molecule has 0 unspecified atom stereocenters. The normalized spacial score (nSPS) is 15.1. The number of phenols is 1. The first-order valence-corrected chi connectivity index (χ1v) is 6.09. The number of esters is 1. The Labute approximate surface area is 115 Å². The standard InChI is InChI=1S/C16H12O4/c1-19-12-5-2-10(3-6-12)8-14-13-9-11(17)4-7-15(13)20-16(14)18/h2-9,17H,1H3/b14-8+. The Kier molecular flexibility index (Phi) is 2.91. The molecule has 4 heteroatoms. The molecule has 1 aliphatic rings. The second-order valence-corrected chi connectivity index (χ2v) is 4.40. The van der Waals surface area contributed by atoms with Gasteiger partial charge in [0.2, 0.25) is 0 Å². The molecule has 2 aromatic carbocycles. The fourth-order valence-corrected chi connectivity index (χ4v) is 2.09. The van der Waals surface area contributed by atoms with Crippen molar-refractivity contribution >= 4 is 17.6 Å². The van der Waals surface area contributed by atoms with Crippen LogP contribution < -0.4 is 9.47 Å². The molecule has 2 aromatic rings. The Morgan fingerprint density at radius 2 is 1.90 bits per heavy atom. The molecule has 0 saturated carbocycles. The number of carbonyl (C=O) groups excluding carboxylic acids is 1. The summed E-state index contributed by atoms with van der Waals surface area (Å²) in [7, 11) is 1.60. The molecule has 0 bridgehead atoms. The maximum atomic E-state index is 11.9. The average molecular weight is 268 g/mol. The number of phenolic OH excluding ortho intramolecular Hbond substituents is 1. The fraction of sp³-hybridized carbons (Fsp3) is 0.0625. The van der Waals surface area contributed by atoms with E-state index in [2.05, 4.69) is 0 Å². The largest absolute Gasteiger partial charge is 0.508 e. The van der Waals surface area contributed by atoms with Gasteiger partial charge >= 0.3 is 5.97 Å².